The van der Waals surface area contributed by atoms with E-state index >= 15 is 0 Å². The number of nitrogens with one attached hydrogen (secondary N) is 2. The lowest BCUT2D eigenvalue weighted by atomic mass is 10.1. The zero-order chi connectivity index (χ0) is 31.9. The van der Waals surface area contributed by atoms with E-state index in [9.17, 15) is 9.59 Å². The molecule has 2 aromatic heterocycles. The molecule has 12 nitrogen and oxygen atoms in total. The summed E-state index contributed by atoms with van der Waals surface area (Å²) in [5.74, 6) is -0.550. The van der Waals surface area contributed by atoms with Crippen molar-refractivity contribution >= 4 is 58.3 Å². The summed E-state index contributed by atoms with van der Waals surface area (Å²) in [5.41, 5.74) is 3.47. The molecule has 0 aliphatic carbocycles. The number of halogens is 2. The van der Waals surface area contributed by atoms with Crippen molar-refractivity contribution in [1.29, 1.82) is 10.5 Å². The molecule has 2 heterocycles. The maximum atomic E-state index is 12.3. The fourth-order valence-corrected chi connectivity index (χ4v) is 3.94. The number of rotatable bonds is 10. The van der Waals surface area contributed by atoms with Crippen molar-refractivity contribution in [3.63, 3.8) is 0 Å². The summed E-state index contributed by atoms with van der Waals surface area (Å²) < 4.78 is 9.81. The molecule has 0 unspecified atom stereocenters. The second-order valence-corrected chi connectivity index (χ2v) is 9.26. The lowest BCUT2D eigenvalue weighted by Crippen LogP contribution is -2.11. The van der Waals surface area contributed by atoms with Gasteiger partial charge >= 0.3 is 11.9 Å². The monoisotopic (exact) mass is 632 g/mol. The van der Waals surface area contributed by atoms with Crippen LogP contribution < -0.4 is 10.6 Å². The molecule has 0 atom stereocenters. The quantitative estimate of drug-likeness (QED) is 0.149. The van der Waals surface area contributed by atoms with E-state index in [2.05, 4.69) is 42.7 Å². The van der Waals surface area contributed by atoms with E-state index in [1.54, 1.807) is 13.8 Å². The van der Waals surface area contributed by atoms with E-state index in [0.29, 0.717) is 30.3 Å². The van der Waals surface area contributed by atoms with Crippen molar-refractivity contribution in [2.75, 3.05) is 23.8 Å². The zero-order valence-corrected chi connectivity index (χ0v) is 25.2. The molecule has 0 aliphatic heterocycles. The van der Waals surface area contributed by atoms with Crippen LogP contribution in [-0.4, -0.2) is 45.1 Å². The number of nitrogens with zero attached hydrogens (tertiary/aromatic N) is 6. The minimum atomic E-state index is -0.613. The van der Waals surface area contributed by atoms with E-state index in [0.717, 1.165) is 16.8 Å². The number of carbonyl (C=O) groups is 2. The smallest absolute Gasteiger partial charge is 0.344 e. The molecule has 0 spiro atoms. The fraction of sp³-hybridized carbons (Fsp3) is 0.200. The molecule has 44 heavy (non-hydrogen) atoms. The van der Waals surface area contributed by atoms with Crippen LogP contribution in [0.5, 0.6) is 0 Å². The van der Waals surface area contributed by atoms with E-state index in [1.165, 1.54) is 12.5 Å². The van der Waals surface area contributed by atoms with Crippen molar-refractivity contribution in [2.24, 2.45) is 0 Å². The Hall–Kier alpha value is -5.30. The van der Waals surface area contributed by atoms with Crippen LogP contribution in [0, 0.1) is 22.7 Å². The number of hydrogen-bond acceptors (Lipinski definition) is 12. The Morgan fingerprint density at radius 3 is 1.77 bits per heavy atom. The van der Waals surface area contributed by atoms with Gasteiger partial charge in [-0.15, -0.1) is 0 Å². The van der Waals surface area contributed by atoms with Gasteiger partial charge in [0, 0.05) is 17.6 Å². The number of benzene rings is 2. The minimum absolute atomic E-state index is 0.00144. The Balaban J connectivity index is 0.000000340. The number of carbonyl (C=O) groups excluding carboxylic acids is 2. The van der Waals surface area contributed by atoms with Gasteiger partial charge in [0.1, 0.15) is 27.8 Å². The number of esters is 2. The van der Waals surface area contributed by atoms with Crippen LogP contribution in [0.2, 0.25) is 10.3 Å². The second kappa shape index (κ2) is 17.0. The molecule has 0 bridgehead atoms. The molecule has 4 aromatic rings. The highest BCUT2D eigenvalue weighted by molar-refractivity contribution is 6.37. The first kappa shape index (κ1) is 33.2. The molecule has 0 radical (unpaired) electrons. The largest absolute Gasteiger partial charge is 0.462 e. The van der Waals surface area contributed by atoms with E-state index in [1.807, 2.05) is 48.5 Å². The summed E-state index contributed by atoms with van der Waals surface area (Å²) in [6.07, 6.45) is 3.24. The van der Waals surface area contributed by atoms with Gasteiger partial charge in [0.25, 0.3) is 0 Å². The van der Waals surface area contributed by atoms with Gasteiger partial charge in [-0.1, -0.05) is 47.5 Å². The lowest BCUT2D eigenvalue weighted by Gasteiger charge is -2.13. The molecular formula is C30H26Cl2N8O4. The van der Waals surface area contributed by atoms with Gasteiger partial charge in [0.2, 0.25) is 5.95 Å². The van der Waals surface area contributed by atoms with Crippen LogP contribution in [0.25, 0.3) is 0 Å². The normalized spacial score (nSPS) is 9.86. The molecule has 4 rings (SSSR count). The van der Waals surface area contributed by atoms with Crippen molar-refractivity contribution < 1.29 is 19.1 Å². The molecular weight excluding hydrogens is 607 g/mol. The Morgan fingerprint density at radius 2 is 1.27 bits per heavy atom. The van der Waals surface area contributed by atoms with Crippen molar-refractivity contribution in [1.82, 2.24) is 19.9 Å². The van der Waals surface area contributed by atoms with Gasteiger partial charge in [-0.05, 0) is 49.2 Å². The van der Waals surface area contributed by atoms with Crippen molar-refractivity contribution in [2.45, 2.75) is 26.7 Å². The number of anilines is 4. The van der Waals surface area contributed by atoms with Gasteiger partial charge < -0.3 is 20.1 Å². The Morgan fingerprint density at radius 1 is 0.773 bits per heavy atom. The van der Waals surface area contributed by atoms with E-state index in [4.69, 9.17) is 43.2 Å². The summed E-state index contributed by atoms with van der Waals surface area (Å²) in [6, 6.07) is 18.9. The SMILES string of the molecule is CCOC(=O)c1c(Cl)ncnc1Cl.CCOC(=O)c1cnc(Nc2ccc(CC#N)cc2)nc1Nc1ccc(CC#N)cc1. The summed E-state index contributed by atoms with van der Waals surface area (Å²) in [4.78, 5) is 39.4. The van der Waals surface area contributed by atoms with Gasteiger partial charge in [0.05, 0.1) is 38.2 Å². The molecule has 2 N–H and O–H groups in total. The predicted octanol–water partition coefficient (Wildman–Crippen LogP) is 6.23. The number of aromatic nitrogens is 4. The van der Waals surface area contributed by atoms with Crippen molar-refractivity contribution in [3.05, 3.63) is 93.6 Å². The summed E-state index contributed by atoms with van der Waals surface area (Å²) in [6.45, 7) is 3.89. The second-order valence-electron chi connectivity index (χ2n) is 8.54. The van der Waals surface area contributed by atoms with Gasteiger partial charge in [-0.25, -0.2) is 24.5 Å². The standard InChI is InChI=1S/C23H20N6O2.C7H6Cl2N2O2/c1-2-31-22(30)20-15-26-23(28-19-9-5-17(6-10-19)12-14-25)29-21(20)27-18-7-3-16(4-8-18)11-13-24;1-2-13-7(12)4-5(8)10-3-11-6(4)9/h3-10,15H,2,11-12H2,1H3,(H2,26,27,28,29);3H,2H2,1H3. The van der Waals surface area contributed by atoms with Crippen LogP contribution in [0.1, 0.15) is 45.7 Å². The van der Waals surface area contributed by atoms with Crippen LogP contribution in [-0.2, 0) is 22.3 Å². The fourth-order valence-electron chi connectivity index (χ4n) is 3.47. The molecule has 14 heteroatoms. The van der Waals surface area contributed by atoms with Gasteiger partial charge in [-0.3, -0.25) is 0 Å². The lowest BCUT2D eigenvalue weighted by molar-refractivity contribution is 0.0516. The van der Waals surface area contributed by atoms with Gasteiger partial charge in [-0.2, -0.15) is 15.5 Å². The highest BCUT2D eigenvalue weighted by atomic mass is 35.5. The third kappa shape index (κ3) is 9.63. The van der Waals surface area contributed by atoms with Crippen LogP contribution >= 0.6 is 23.2 Å². The van der Waals surface area contributed by atoms with Crippen LogP contribution in [0.3, 0.4) is 0 Å². The molecule has 0 amide bonds. The molecule has 224 valence electrons. The van der Waals surface area contributed by atoms with Crippen LogP contribution in [0.15, 0.2) is 61.1 Å². The Labute approximate surface area is 263 Å². The average Bonchev–Trinajstić information content (AvgIpc) is 3.00. The van der Waals surface area contributed by atoms with Crippen LogP contribution in [0.4, 0.5) is 23.1 Å². The first-order chi connectivity index (χ1) is 21.3. The molecule has 0 aliphatic rings. The third-order valence-electron chi connectivity index (χ3n) is 5.51. The van der Waals surface area contributed by atoms with E-state index < -0.39 is 11.9 Å². The minimum Gasteiger partial charge on any atom is -0.462 e. The maximum Gasteiger partial charge on any atom is 0.344 e. The number of hydrogen-bond donors (Lipinski definition) is 2. The first-order valence-corrected chi connectivity index (χ1v) is 13.9. The Bertz CT molecular complexity index is 1650. The predicted molar refractivity (Wildman–Crippen MR) is 164 cm³/mol. The first-order valence-electron chi connectivity index (χ1n) is 13.1. The van der Waals surface area contributed by atoms with Gasteiger partial charge in [0.15, 0.2) is 5.82 Å². The third-order valence-corrected chi connectivity index (χ3v) is 6.08. The summed E-state index contributed by atoms with van der Waals surface area (Å²) in [5, 5.41) is 23.8. The topological polar surface area (TPSA) is 176 Å². The molecule has 0 saturated heterocycles. The molecule has 2 aromatic carbocycles. The average molecular weight is 633 g/mol. The highest BCUT2D eigenvalue weighted by Crippen LogP contribution is 2.23. The maximum absolute atomic E-state index is 12.3. The molecule has 0 fully saturated rings. The Kier molecular flexibility index (Phi) is 12.8. The van der Waals surface area contributed by atoms with Crippen molar-refractivity contribution in [3.8, 4) is 12.1 Å². The summed E-state index contributed by atoms with van der Waals surface area (Å²) >= 11 is 11.2. The van der Waals surface area contributed by atoms with E-state index in [-0.39, 0.29) is 34.6 Å². The zero-order valence-electron chi connectivity index (χ0n) is 23.7. The number of nitriles is 2. The number of ether oxygens (including phenoxy) is 2. The molecule has 0 saturated carbocycles. The highest BCUT2D eigenvalue weighted by Gasteiger charge is 2.18. The summed E-state index contributed by atoms with van der Waals surface area (Å²) in [7, 11) is 0.